The van der Waals surface area contributed by atoms with Gasteiger partial charge in [0.2, 0.25) is 11.8 Å². The van der Waals surface area contributed by atoms with Gasteiger partial charge in [-0.25, -0.2) is 4.98 Å². The lowest BCUT2D eigenvalue weighted by Gasteiger charge is -2.30. The third kappa shape index (κ3) is 4.04. The highest BCUT2D eigenvalue weighted by molar-refractivity contribution is 7.18. The van der Waals surface area contributed by atoms with Crippen LogP contribution in [-0.4, -0.2) is 63.2 Å². The summed E-state index contributed by atoms with van der Waals surface area (Å²) in [6.07, 6.45) is -2.63. The molecule has 0 amide bonds. The van der Waals surface area contributed by atoms with Gasteiger partial charge in [-0.15, -0.1) is 21.5 Å². The minimum Gasteiger partial charge on any atom is -0.399 e. The summed E-state index contributed by atoms with van der Waals surface area (Å²) in [5.74, 6) is 0.473. The average Bonchev–Trinajstić information content (AvgIpc) is 3.49. The summed E-state index contributed by atoms with van der Waals surface area (Å²) in [7, 11) is 1.48. The maximum absolute atomic E-state index is 13.3. The Bertz CT molecular complexity index is 1240. The largest absolute Gasteiger partial charge is 0.451 e. The number of hydrogen-bond acceptors (Lipinski definition) is 10. The number of aryl methyl sites for hydroxylation is 1. The topological polar surface area (TPSA) is 111 Å². The van der Waals surface area contributed by atoms with E-state index < -0.39 is 12.0 Å². The summed E-state index contributed by atoms with van der Waals surface area (Å²) >= 11 is 1.61. The van der Waals surface area contributed by atoms with Gasteiger partial charge in [-0.1, -0.05) is 18.5 Å². The van der Waals surface area contributed by atoms with Crippen molar-refractivity contribution in [3.63, 3.8) is 0 Å². The zero-order chi connectivity index (χ0) is 24.0. The number of rotatable bonds is 5. The number of nitrogens with two attached hydrogens (primary N) is 1. The Labute approximate surface area is 197 Å². The van der Waals surface area contributed by atoms with Crippen molar-refractivity contribution >= 4 is 39.0 Å². The molecule has 3 aromatic heterocycles. The van der Waals surface area contributed by atoms with Crippen LogP contribution in [0.15, 0.2) is 11.2 Å². The molecule has 0 aliphatic carbocycles. The second-order valence-electron chi connectivity index (χ2n) is 8.29. The van der Waals surface area contributed by atoms with E-state index in [1.54, 1.807) is 11.3 Å². The second-order valence-corrected chi connectivity index (χ2v) is 9.41. The molecule has 2 aliphatic rings. The molecule has 3 aromatic rings. The molecule has 1 fully saturated rings. The molecule has 2 N–H and O–H groups in total. The lowest BCUT2D eigenvalue weighted by atomic mass is 10.2. The maximum Gasteiger partial charge on any atom is 0.451 e. The summed E-state index contributed by atoms with van der Waals surface area (Å²) in [6.45, 7) is 3.67. The molecule has 1 atom stereocenters. The van der Waals surface area contributed by atoms with Crippen molar-refractivity contribution in [2.24, 2.45) is 10.9 Å². The Morgan fingerprint density at radius 2 is 2.03 bits per heavy atom. The highest BCUT2D eigenvalue weighted by Gasteiger charge is 2.40. The maximum atomic E-state index is 13.3. The van der Waals surface area contributed by atoms with Crippen LogP contribution < -0.4 is 15.5 Å². The Morgan fingerprint density at radius 1 is 1.21 bits per heavy atom. The van der Waals surface area contributed by atoms with Crippen molar-refractivity contribution in [1.29, 1.82) is 0 Å². The van der Waals surface area contributed by atoms with Gasteiger partial charge in [-0.3, -0.25) is 0 Å². The molecule has 0 spiro atoms. The Morgan fingerprint density at radius 3 is 2.76 bits per heavy atom. The van der Waals surface area contributed by atoms with Crippen LogP contribution in [0.1, 0.15) is 29.9 Å². The van der Waals surface area contributed by atoms with E-state index >= 15 is 0 Å². The normalized spacial score (nSPS) is 19.9. The molecule has 14 heteroatoms. The molecule has 10 nitrogen and oxygen atoms in total. The molecule has 0 saturated carbocycles. The zero-order valence-corrected chi connectivity index (χ0v) is 19.5. The van der Waals surface area contributed by atoms with Crippen LogP contribution >= 0.6 is 11.3 Å². The summed E-state index contributed by atoms with van der Waals surface area (Å²) < 4.78 is 40.9. The lowest BCUT2D eigenvalue weighted by Crippen LogP contribution is -2.36. The van der Waals surface area contributed by atoms with E-state index in [9.17, 15) is 13.2 Å². The van der Waals surface area contributed by atoms with Gasteiger partial charge in [0.1, 0.15) is 17.8 Å². The van der Waals surface area contributed by atoms with Crippen LogP contribution in [0.3, 0.4) is 0 Å². The first-order valence-corrected chi connectivity index (χ1v) is 11.7. The number of hydrogen-bond donors (Lipinski definition) is 1. The third-order valence-corrected chi connectivity index (χ3v) is 6.99. The smallest absolute Gasteiger partial charge is 0.399 e. The molecule has 1 unspecified atom stereocenters. The van der Waals surface area contributed by atoms with E-state index in [2.05, 4.69) is 28.3 Å². The fraction of sp³-hybridized carbons (Fsp3) is 0.550. The molecular formula is C20H24F3N9OS. The van der Waals surface area contributed by atoms with Gasteiger partial charge in [0, 0.05) is 24.5 Å². The standard InChI is InChI=1S/C20H24F3N9OS/c1-3-4-11-7-12-16(30-5-6-32-15(10-30)27-28-18(32)20(21,22)23)25-19(26-17(12)34-11)31-8-13(24)14(9-31)29-33-2/h7,13H,3-6,8-10,24H2,1-2H3. The van der Waals surface area contributed by atoms with Crippen LogP contribution in [0.4, 0.5) is 24.9 Å². The van der Waals surface area contributed by atoms with Crippen LogP contribution in [-0.2, 0) is 30.5 Å². The van der Waals surface area contributed by atoms with E-state index in [1.165, 1.54) is 12.0 Å². The van der Waals surface area contributed by atoms with Gasteiger partial charge in [0.05, 0.1) is 30.2 Å². The SMILES string of the molecule is CCCc1cc2c(N3CCn4c(nnc4C(F)(F)F)C3)nc(N3CC(=NOC)C(N)C3)nc2s1. The van der Waals surface area contributed by atoms with E-state index in [0.29, 0.717) is 37.1 Å². The van der Waals surface area contributed by atoms with Gasteiger partial charge in [0.15, 0.2) is 5.82 Å². The number of fused-ring (bicyclic) bond motifs is 2. The number of alkyl halides is 3. The Balaban J connectivity index is 1.53. The molecule has 0 radical (unpaired) electrons. The number of thiophene rings is 1. The van der Waals surface area contributed by atoms with Crippen molar-refractivity contribution in [2.45, 2.75) is 45.1 Å². The predicted molar refractivity (Wildman–Crippen MR) is 122 cm³/mol. The molecule has 5 heterocycles. The number of oxime groups is 1. The van der Waals surface area contributed by atoms with Gasteiger partial charge in [-0.05, 0) is 12.5 Å². The number of anilines is 2. The summed E-state index contributed by atoms with van der Waals surface area (Å²) in [6, 6.07) is 1.78. The number of nitrogens with zero attached hydrogens (tertiary/aromatic N) is 8. The fourth-order valence-corrected chi connectivity index (χ4v) is 5.45. The monoisotopic (exact) mass is 495 g/mol. The molecule has 1 saturated heterocycles. The van der Waals surface area contributed by atoms with Crippen LogP contribution in [0, 0.1) is 0 Å². The van der Waals surface area contributed by atoms with Gasteiger partial charge >= 0.3 is 6.18 Å². The van der Waals surface area contributed by atoms with Gasteiger partial charge < -0.3 is 24.9 Å². The van der Waals surface area contributed by atoms with Crippen molar-refractivity contribution in [2.75, 3.05) is 36.5 Å². The lowest BCUT2D eigenvalue weighted by molar-refractivity contribution is -0.147. The average molecular weight is 496 g/mol. The van der Waals surface area contributed by atoms with Crippen LogP contribution in [0.5, 0.6) is 0 Å². The minimum atomic E-state index is -4.54. The molecule has 2 aliphatic heterocycles. The molecular weight excluding hydrogens is 471 g/mol. The van der Waals surface area contributed by atoms with Crippen molar-refractivity contribution < 1.29 is 18.0 Å². The first-order chi connectivity index (χ1) is 16.3. The van der Waals surface area contributed by atoms with Crippen LogP contribution in [0.25, 0.3) is 10.2 Å². The van der Waals surface area contributed by atoms with E-state index in [-0.39, 0.29) is 25.0 Å². The molecule has 34 heavy (non-hydrogen) atoms. The Kier molecular flexibility index (Phi) is 5.80. The first-order valence-electron chi connectivity index (χ1n) is 10.9. The zero-order valence-electron chi connectivity index (χ0n) is 18.7. The number of halogens is 3. The third-order valence-electron chi connectivity index (χ3n) is 5.90. The quantitative estimate of drug-likeness (QED) is 0.538. The molecule has 0 aromatic carbocycles. The number of aromatic nitrogens is 5. The Hall–Kier alpha value is -3.00. The highest BCUT2D eigenvalue weighted by atomic mass is 32.1. The molecule has 5 rings (SSSR count). The van der Waals surface area contributed by atoms with Gasteiger partial charge in [-0.2, -0.15) is 18.2 Å². The second kappa shape index (κ2) is 8.65. The summed E-state index contributed by atoms with van der Waals surface area (Å²) in [5.41, 5.74) is 6.90. The summed E-state index contributed by atoms with van der Waals surface area (Å²) in [5, 5.41) is 12.1. The fourth-order valence-electron chi connectivity index (χ4n) is 4.33. The minimum absolute atomic E-state index is 0.114. The van der Waals surface area contributed by atoms with Crippen LogP contribution in [0.2, 0.25) is 0 Å². The first kappa shape index (κ1) is 22.8. The van der Waals surface area contributed by atoms with E-state index in [0.717, 1.165) is 27.6 Å². The summed E-state index contributed by atoms with van der Waals surface area (Å²) in [4.78, 5) is 20.5. The van der Waals surface area contributed by atoms with Crippen molar-refractivity contribution in [3.05, 3.63) is 22.6 Å². The highest BCUT2D eigenvalue weighted by Crippen LogP contribution is 2.36. The molecule has 0 bridgehead atoms. The van der Waals surface area contributed by atoms with Crippen molar-refractivity contribution in [1.82, 2.24) is 24.7 Å². The van der Waals surface area contributed by atoms with E-state index in [1.807, 2.05) is 9.80 Å². The predicted octanol–water partition coefficient (Wildman–Crippen LogP) is 2.42. The molecule has 182 valence electrons. The van der Waals surface area contributed by atoms with Crippen molar-refractivity contribution in [3.8, 4) is 0 Å². The van der Waals surface area contributed by atoms with Gasteiger partial charge in [0.25, 0.3) is 0 Å². The van der Waals surface area contributed by atoms with E-state index in [4.69, 9.17) is 20.5 Å².